The van der Waals surface area contributed by atoms with Crippen molar-refractivity contribution in [2.45, 2.75) is 24.6 Å². The number of nitrogens with zero attached hydrogens (tertiary/aromatic N) is 1. The molecule has 0 radical (unpaired) electrons. The highest BCUT2D eigenvalue weighted by molar-refractivity contribution is 7.81. The molecule has 0 spiro atoms. The van der Waals surface area contributed by atoms with E-state index >= 15 is 0 Å². The van der Waals surface area contributed by atoms with Crippen LogP contribution in [-0.4, -0.2) is 40.9 Å². The lowest BCUT2D eigenvalue weighted by molar-refractivity contribution is -0.148. The molecule has 0 amide bonds. The van der Waals surface area contributed by atoms with Crippen LogP contribution in [0.5, 0.6) is 0 Å². The number of aliphatic carboxylic acids is 1. The Hall–Kier alpha value is -0.220. The molecule has 11 heavy (non-hydrogen) atoms. The highest BCUT2D eigenvalue weighted by atomic mass is 32.1. The van der Waals surface area contributed by atoms with E-state index in [1.165, 1.54) is 0 Å². The first-order valence-electron chi connectivity index (χ1n) is 3.42. The van der Waals surface area contributed by atoms with Crippen LogP contribution in [0.4, 0.5) is 0 Å². The molecule has 0 fully saturated rings. The zero-order valence-corrected chi connectivity index (χ0v) is 8.22. The molecule has 0 saturated heterocycles. The summed E-state index contributed by atoms with van der Waals surface area (Å²) < 4.78 is 0. The van der Waals surface area contributed by atoms with Gasteiger partial charge in [-0.25, -0.2) is 0 Å². The summed E-state index contributed by atoms with van der Waals surface area (Å²) in [6, 6.07) is 0. The Morgan fingerprint density at radius 3 is 2.00 bits per heavy atom. The van der Waals surface area contributed by atoms with E-state index in [1.807, 2.05) is 0 Å². The Balaban J connectivity index is 4.67. The average Bonchev–Trinajstić information content (AvgIpc) is 1.84. The van der Waals surface area contributed by atoms with Gasteiger partial charge in [-0.3, -0.25) is 9.69 Å². The Morgan fingerprint density at radius 1 is 1.64 bits per heavy atom. The van der Waals surface area contributed by atoms with Crippen molar-refractivity contribution in [3.63, 3.8) is 0 Å². The van der Waals surface area contributed by atoms with Gasteiger partial charge in [0.15, 0.2) is 0 Å². The van der Waals surface area contributed by atoms with Crippen molar-refractivity contribution in [3.8, 4) is 0 Å². The maximum absolute atomic E-state index is 10.8. The Bertz CT molecular complexity index is 149. The van der Waals surface area contributed by atoms with E-state index in [-0.39, 0.29) is 5.25 Å². The van der Waals surface area contributed by atoms with Gasteiger partial charge < -0.3 is 5.11 Å². The molecule has 1 N–H and O–H groups in total. The molecule has 2 atom stereocenters. The van der Waals surface area contributed by atoms with Crippen LogP contribution in [0.25, 0.3) is 0 Å². The highest BCUT2D eigenvalue weighted by Gasteiger charge is 2.39. The second-order valence-electron chi connectivity index (χ2n) is 3.02. The topological polar surface area (TPSA) is 40.5 Å². The number of carboxylic acids is 1. The second kappa shape index (κ2) is 3.45. The zero-order chi connectivity index (χ0) is 9.23. The lowest BCUT2D eigenvalue weighted by atomic mass is 9.97. The third-order valence-electron chi connectivity index (χ3n) is 2.18. The number of rotatable bonds is 3. The van der Waals surface area contributed by atoms with Gasteiger partial charge in [0, 0.05) is 5.25 Å². The minimum Gasteiger partial charge on any atom is -0.480 e. The van der Waals surface area contributed by atoms with E-state index in [0.29, 0.717) is 0 Å². The third kappa shape index (κ3) is 1.87. The molecular formula is C7H15NO2S. The van der Waals surface area contributed by atoms with E-state index in [4.69, 9.17) is 5.11 Å². The van der Waals surface area contributed by atoms with E-state index in [0.717, 1.165) is 0 Å². The maximum atomic E-state index is 10.8. The Morgan fingerprint density at radius 2 is 2.00 bits per heavy atom. The standard InChI is InChI=1S/C7H15NO2S/c1-5(11)7(2,6(9)10)8(3)4/h5,11H,1-4H3,(H,9,10). The van der Waals surface area contributed by atoms with Crippen LogP contribution < -0.4 is 0 Å². The van der Waals surface area contributed by atoms with Crippen LogP contribution in [0.2, 0.25) is 0 Å². The highest BCUT2D eigenvalue weighted by Crippen LogP contribution is 2.20. The summed E-state index contributed by atoms with van der Waals surface area (Å²) in [6.07, 6.45) is 0. The van der Waals surface area contributed by atoms with Crippen molar-refractivity contribution in [2.24, 2.45) is 0 Å². The SMILES string of the molecule is CC(S)C(C)(C(=O)O)N(C)C. The number of carboxylic acid groups (broad SMARTS) is 1. The van der Waals surface area contributed by atoms with Gasteiger partial charge in [0.25, 0.3) is 0 Å². The summed E-state index contributed by atoms with van der Waals surface area (Å²) >= 11 is 4.13. The lowest BCUT2D eigenvalue weighted by Crippen LogP contribution is -2.54. The molecule has 0 aliphatic rings. The fourth-order valence-corrected chi connectivity index (χ4v) is 1.09. The van der Waals surface area contributed by atoms with Gasteiger partial charge in [-0.1, -0.05) is 6.92 Å². The van der Waals surface area contributed by atoms with Gasteiger partial charge in [0.05, 0.1) is 0 Å². The van der Waals surface area contributed by atoms with E-state index in [1.54, 1.807) is 32.8 Å². The van der Waals surface area contributed by atoms with Gasteiger partial charge in [0.1, 0.15) is 5.54 Å². The first-order chi connectivity index (χ1) is 4.83. The molecule has 66 valence electrons. The van der Waals surface area contributed by atoms with Gasteiger partial charge in [-0.2, -0.15) is 12.6 Å². The molecule has 0 aromatic carbocycles. The molecule has 4 heteroatoms. The largest absolute Gasteiger partial charge is 0.480 e. The van der Waals surface area contributed by atoms with Crippen molar-refractivity contribution >= 4 is 18.6 Å². The van der Waals surface area contributed by atoms with Gasteiger partial charge in [-0.05, 0) is 21.0 Å². The molecular weight excluding hydrogens is 162 g/mol. The van der Waals surface area contributed by atoms with Crippen molar-refractivity contribution in [1.82, 2.24) is 4.90 Å². The number of hydrogen-bond acceptors (Lipinski definition) is 3. The fraction of sp³-hybridized carbons (Fsp3) is 0.857. The summed E-state index contributed by atoms with van der Waals surface area (Å²) in [6.45, 7) is 3.43. The second-order valence-corrected chi connectivity index (χ2v) is 3.80. The third-order valence-corrected chi connectivity index (χ3v) is 2.68. The monoisotopic (exact) mass is 177 g/mol. The van der Waals surface area contributed by atoms with Gasteiger partial charge in [-0.15, -0.1) is 0 Å². The summed E-state index contributed by atoms with van der Waals surface area (Å²) in [5, 5.41) is 8.68. The molecule has 0 aliphatic carbocycles. The predicted octanol–water partition coefficient (Wildman–Crippen LogP) is 0.710. The van der Waals surface area contributed by atoms with E-state index in [9.17, 15) is 4.79 Å². The quantitative estimate of drug-likeness (QED) is 0.624. The van der Waals surface area contributed by atoms with Crippen molar-refractivity contribution in [1.29, 1.82) is 0 Å². The molecule has 0 aromatic rings. The number of hydrogen-bond donors (Lipinski definition) is 2. The van der Waals surface area contributed by atoms with Crippen LogP contribution in [0.15, 0.2) is 0 Å². The van der Waals surface area contributed by atoms with Crippen LogP contribution in [-0.2, 0) is 4.79 Å². The summed E-state index contributed by atoms with van der Waals surface area (Å²) in [7, 11) is 3.47. The lowest BCUT2D eigenvalue weighted by Gasteiger charge is -2.34. The molecule has 3 nitrogen and oxygen atoms in total. The summed E-state index contributed by atoms with van der Waals surface area (Å²) in [5.74, 6) is -0.843. The van der Waals surface area contributed by atoms with Crippen LogP contribution in [0.1, 0.15) is 13.8 Å². The maximum Gasteiger partial charge on any atom is 0.324 e. The molecule has 0 bridgehead atoms. The van der Waals surface area contributed by atoms with Crippen molar-refractivity contribution < 1.29 is 9.90 Å². The number of thiol groups is 1. The Labute approximate surface area is 72.8 Å². The van der Waals surface area contributed by atoms with E-state index < -0.39 is 11.5 Å². The first kappa shape index (κ1) is 10.8. The summed E-state index contributed by atoms with van der Waals surface area (Å²) in [4.78, 5) is 12.5. The Kier molecular flexibility index (Phi) is 3.38. The number of carbonyl (C=O) groups is 1. The minimum absolute atomic E-state index is 0.199. The molecule has 2 unspecified atom stereocenters. The van der Waals surface area contributed by atoms with E-state index in [2.05, 4.69) is 12.6 Å². The average molecular weight is 177 g/mol. The normalized spacial score (nSPS) is 19.5. The molecule has 0 aromatic heterocycles. The first-order valence-corrected chi connectivity index (χ1v) is 3.94. The molecule has 0 rings (SSSR count). The van der Waals surface area contributed by atoms with Crippen LogP contribution >= 0.6 is 12.6 Å². The molecule has 0 heterocycles. The van der Waals surface area contributed by atoms with Gasteiger partial charge in [0.2, 0.25) is 0 Å². The van der Waals surface area contributed by atoms with Crippen LogP contribution in [0.3, 0.4) is 0 Å². The van der Waals surface area contributed by atoms with Gasteiger partial charge >= 0.3 is 5.97 Å². The van der Waals surface area contributed by atoms with Crippen molar-refractivity contribution in [3.05, 3.63) is 0 Å². The fourth-order valence-electron chi connectivity index (χ4n) is 0.744. The smallest absolute Gasteiger partial charge is 0.324 e. The van der Waals surface area contributed by atoms with Crippen molar-refractivity contribution in [2.75, 3.05) is 14.1 Å². The summed E-state index contributed by atoms with van der Waals surface area (Å²) in [5.41, 5.74) is -0.886. The van der Waals surface area contributed by atoms with Crippen LogP contribution in [0, 0.1) is 0 Å². The predicted molar refractivity (Wildman–Crippen MR) is 48.2 cm³/mol. The number of likely N-dealkylation sites (N-methyl/N-ethyl adjacent to an activating group) is 1. The molecule has 0 aliphatic heterocycles. The minimum atomic E-state index is -0.886. The zero-order valence-electron chi connectivity index (χ0n) is 7.33. The molecule has 0 saturated carbocycles.